The lowest BCUT2D eigenvalue weighted by Crippen LogP contribution is -2.12. The van der Waals surface area contributed by atoms with Crippen molar-refractivity contribution in [3.63, 3.8) is 0 Å². The Hall–Kier alpha value is -2.15. The maximum Gasteiger partial charge on any atom is 0.338 e. The molecule has 0 aliphatic carbocycles. The summed E-state index contributed by atoms with van der Waals surface area (Å²) in [5.41, 5.74) is 3.56. The fourth-order valence-electron chi connectivity index (χ4n) is 2.91. The number of aromatic nitrogens is 1. The summed E-state index contributed by atoms with van der Waals surface area (Å²) < 4.78 is 8.20. The molecule has 0 saturated carbocycles. The largest absolute Gasteiger partial charge is 0.459 e. The van der Waals surface area contributed by atoms with Gasteiger partial charge in [-0.15, -0.1) is 0 Å². The van der Waals surface area contributed by atoms with Crippen molar-refractivity contribution in [2.24, 2.45) is 0 Å². The number of esters is 1. The SMILES string of the molecule is CCc1cc2cc(C(=O)OC(C)C)ccn2c1C(=O)c1ccc(I)cc1. The number of rotatable bonds is 5. The zero-order chi connectivity index (χ0) is 18.8. The van der Waals surface area contributed by atoms with Crippen molar-refractivity contribution in [2.75, 3.05) is 0 Å². The zero-order valence-electron chi connectivity index (χ0n) is 15.0. The molecule has 0 spiro atoms. The molecule has 0 bridgehead atoms. The van der Waals surface area contributed by atoms with Gasteiger partial charge in [0.1, 0.15) is 0 Å². The fourth-order valence-corrected chi connectivity index (χ4v) is 3.27. The topological polar surface area (TPSA) is 47.8 Å². The van der Waals surface area contributed by atoms with Gasteiger partial charge in [-0.1, -0.05) is 6.92 Å². The number of ether oxygens (including phenoxy) is 1. The minimum Gasteiger partial charge on any atom is -0.459 e. The van der Waals surface area contributed by atoms with Crippen LogP contribution in [0, 0.1) is 3.57 Å². The van der Waals surface area contributed by atoms with Crippen LogP contribution in [0.15, 0.2) is 48.7 Å². The molecule has 0 saturated heterocycles. The molecule has 3 rings (SSSR count). The Morgan fingerprint density at radius 3 is 2.38 bits per heavy atom. The number of nitrogens with zero attached hydrogens (tertiary/aromatic N) is 1. The van der Waals surface area contributed by atoms with Gasteiger partial charge in [-0.3, -0.25) is 4.79 Å². The van der Waals surface area contributed by atoms with Crippen LogP contribution in [-0.4, -0.2) is 22.3 Å². The summed E-state index contributed by atoms with van der Waals surface area (Å²) in [4.78, 5) is 25.2. The Morgan fingerprint density at radius 2 is 1.77 bits per heavy atom. The maximum absolute atomic E-state index is 13.1. The number of hydrogen-bond donors (Lipinski definition) is 0. The van der Waals surface area contributed by atoms with Crippen molar-refractivity contribution in [3.05, 3.63) is 74.6 Å². The van der Waals surface area contributed by atoms with Gasteiger partial charge in [0.05, 0.1) is 17.4 Å². The summed E-state index contributed by atoms with van der Waals surface area (Å²) in [6.45, 7) is 5.66. The second-order valence-corrected chi connectivity index (χ2v) is 7.62. The molecule has 0 atom stereocenters. The van der Waals surface area contributed by atoms with Crippen molar-refractivity contribution in [2.45, 2.75) is 33.3 Å². The Labute approximate surface area is 166 Å². The quantitative estimate of drug-likeness (QED) is 0.309. The summed E-state index contributed by atoms with van der Waals surface area (Å²) in [5, 5.41) is 0. The van der Waals surface area contributed by atoms with Crippen molar-refractivity contribution in [1.82, 2.24) is 4.40 Å². The molecule has 26 heavy (non-hydrogen) atoms. The van der Waals surface area contributed by atoms with Gasteiger partial charge in [0.2, 0.25) is 5.78 Å². The Bertz CT molecular complexity index is 971. The first-order chi connectivity index (χ1) is 12.4. The molecule has 0 fully saturated rings. The summed E-state index contributed by atoms with van der Waals surface area (Å²) >= 11 is 2.22. The first-order valence-electron chi connectivity index (χ1n) is 8.56. The number of pyridine rings is 1. The van der Waals surface area contributed by atoms with E-state index in [-0.39, 0.29) is 17.9 Å². The number of benzene rings is 1. The fraction of sp³-hybridized carbons (Fsp3) is 0.238. The maximum atomic E-state index is 13.1. The smallest absolute Gasteiger partial charge is 0.338 e. The lowest BCUT2D eigenvalue weighted by Gasteiger charge is -2.09. The van der Waals surface area contributed by atoms with E-state index in [1.807, 2.05) is 55.5 Å². The van der Waals surface area contributed by atoms with Crippen molar-refractivity contribution in [3.8, 4) is 0 Å². The van der Waals surface area contributed by atoms with Crippen molar-refractivity contribution in [1.29, 1.82) is 0 Å². The summed E-state index contributed by atoms with van der Waals surface area (Å²) in [6.07, 6.45) is 2.33. The van der Waals surface area contributed by atoms with Gasteiger partial charge in [0, 0.05) is 20.8 Å². The highest BCUT2D eigenvalue weighted by atomic mass is 127. The Balaban J connectivity index is 2.06. The van der Waals surface area contributed by atoms with E-state index in [0.717, 1.165) is 21.1 Å². The minimum atomic E-state index is -0.354. The van der Waals surface area contributed by atoms with Crippen molar-refractivity contribution < 1.29 is 14.3 Å². The van der Waals surface area contributed by atoms with E-state index < -0.39 is 0 Å². The predicted octanol–water partition coefficient (Wildman–Crippen LogP) is 4.90. The van der Waals surface area contributed by atoms with E-state index in [4.69, 9.17) is 4.74 Å². The van der Waals surface area contributed by atoms with Crippen LogP contribution in [-0.2, 0) is 11.2 Å². The van der Waals surface area contributed by atoms with E-state index in [2.05, 4.69) is 22.6 Å². The monoisotopic (exact) mass is 461 g/mol. The highest BCUT2D eigenvalue weighted by Gasteiger charge is 2.19. The summed E-state index contributed by atoms with van der Waals surface area (Å²) in [7, 11) is 0. The third-order valence-corrected chi connectivity index (χ3v) is 4.85. The van der Waals surface area contributed by atoms with Gasteiger partial charge in [0.25, 0.3) is 0 Å². The first kappa shape index (κ1) is 18.6. The van der Waals surface area contributed by atoms with E-state index >= 15 is 0 Å². The number of carbonyl (C=O) groups is 2. The van der Waals surface area contributed by atoms with Gasteiger partial charge in [-0.25, -0.2) is 4.79 Å². The van der Waals surface area contributed by atoms with Crippen LogP contribution in [0.5, 0.6) is 0 Å². The van der Waals surface area contributed by atoms with E-state index in [0.29, 0.717) is 16.8 Å². The molecule has 4 nitrogen and oxygen atoms in total. The molecule has 2 aromatic heterocycles. The van der Waals surface area contributed by atoms with Gasteiger partial charge < -0.3 is 9.14 Å². The van der Waals surface area contributed by atoms with Crippen LogP contribution in [0.1, 0.15) is 52.7 Å². The standard InChI is InChI=1S/C21H20INO3/c1-4-14-11-18-12-16(21(25)26-13(2)3)9-10-23(18)19(14)20(24)15-5-7-17(22)8-6-15/h5-13H,4H2,1-3H3. The first-order valence-corrected chi connectivity index (χ1v) is 9.63. The van der Waals surface area contributed by atoms with Gasteiger partial charge in [-0.05, 0) is 90.9 Å². The molecule has 0 unspecified atom stereocenters. The molecule has 0 radical (unpaired) electrons. The Morgan fingerprint density at radius 1 is 1.08 bits per heavy atom. The van der Waals surface area contributed by atoms with Crippen LogP contribution in [0.25, 0.3) is 5.52 Å². The lowest BCUT2D eigenvalue weighted by molar-refractivity contribution is 0.0378. The average Bonchev–Trinajstić information content (AvgIpc) is 2.98. The molecule has 134 valence electrons. The number of fused-ring (bicyclic) bond motifs is 1. The molecule has 0 N–H and O–H groups in total. The van der Waals surface area contributed by atoms with Crippen LogP contribution in [0.2, 0.25) is 0 Å². The Kier molecular flexibility index (Phi) is 5.46. The molecular weight excluding hydrogens is 441 g/mol. The zero-order valence-corrected chi connectivity index (χ0v) is 17.1. The highest BCUT2D eigenvalue weighted by Crippen LogP contribution is 2.23. The number of halogens is 1. The molecule has 3 aromatic rings. The molecule has 0 aliphatic heterocycles. The van der Waals surface area contributed by atoms with Gasteiger partial charge in [0.15, 0.2) is 0 Å². The third kappa shape index (κ3) is 3.67. The average molecular weight is 461 g/mol. The highest BCUT2D eigenvalue weighted by molar-refractivity contribution is 14.1. The third-order valence-electron chi connectivity index (χ3n) is 4.13. The van der Waals surface area contributed by atoms with Gasteiger partial charge in [-0.2, -0.15) is 0 Å². The molecular formula is C21H20INO3. The normalized spacial score (nSPS) is 11.1. The lowest BCUT2D eigenvalue weighted by atomic mass is 10.0. The van der Waals surface area contributed by atoms with Crippen molar-refractivity contribution >= 4 is 39.9 Å². The summed E-state index contributed by atoms with van der Waals surface area (Å²) in [5.74, 6) is -0.372. The molecule has 5 heteroatoms. The van der Waals surface area contributed by atoms with E-state index in [1.54, 1.807) is 18.3 Å². The molecule has 0 aliphatic rings. The molecule has 0 amide bonds. The molecule has 1 aromatic carbocycles. The van der Waals surface area contributed by atoms with E-state index in [1.165, 1.54) is 0 Å². The summed E-state index contributed by atoms with van der Waals surface area (Å²) in [6, 6.07) is 13.0. The van der Waals surface area contributed by atoms with Crippen LogP contribution < -0.4 is 0 Å². The van der Waals surface area contributed by atoms with Crippen LogP contribution in [0.3, 0.4) is 0 Å². The number of carbonyl (C=O) groups excluding carboxylic acids is 2. The second-order valence-electron chi connectivity index (χ2n) is 6.37. The number of hydrogen-bond acceptors (Lipinski definition) is 3. The van der Waals surface area contributed by atoms with Gasteiger partial charge >= 0.3 is 5.97 Å². The predicted molar refractivity (Wildman–Crippen MR) is 110 cm³/mol. The number of aryl methyl sites for hydroxylation is 1. The van der Waals surface area contributed by atoms with E-state index in [9.17, 15) is 9.59 Å². The minimum absolute atomic E-state index is 0.0178. The van der Waals surface area contributed by atoms with Crippen LogP contribution in [0.4, 0.5) is 0 Å². The molecule has 2 heterocycles. The number of ketones is 1. The van der Waals surface area contributed by atoms with Crippen LogP contribution >= 0.6 is 22.6 Å². The second kappa shape index (κ2) is 7.61.